The molecule has 0 aliphatic heterocycles. The van der Waals surface area contributed by atoms with E-state index in [0.29, 0.717) is 5.75 Å². The molecule has 2 aromatic carbocycles. The van der Waals surface area contributed by atoms with E-state index in [1.807, 2.05) is 24.3 Å². The van der Waals surface area contributed by atoms with Gasteiger partial charge < -0.3 is 10.0 Å². The average Bonchev–Trinajstić information content (AvgIpc) is 2.48. The molecule has 0 unspecified atom stereocenters. The summed E-state index contributed by atoms with van der Waals surface area (Å²) in [5.41, 5.74) is 2.14. The van der Waals surface area contributed by atoms with Gasteiger partial charge >= 0.3 is 0 Å². The molecule has 2 aromatic rings. The molecule has 2 rings (SSSR count). The number of halogens is 1. The summed E-state index contributed by atoms with van der Waals surface area (Å²) in [6, 6.07) is 16.2. The Morgan fingerprint density at radius 1 is 1.05 bits per heavy atom. The van der Waals surface area contributed by atoms with Gasteiger partial charge in [-0.2, -0.15) is 0 Å². The number of phenols is 1. The number of phenolic OH excluding ortho intramolecular Hbond substituents is 1. The highest BCUT2D eigenvalue weighted by atomic mass is 79.9. The Morgan fingerprint density at radius 2 is 1.80 bits per heavy atom. The predicted octanol–water partition coefficient (Wildman–Crippen LogP) is 4.96. The average molecular weight is 334 g/mol. The molecule has 0 saturated heterocycles. The monoisotopic (exact) mass is 333 g/mol. The van der Waals surface area contributed by atoms with Crippen LogP contribution in [0.5, 0.6) is 5.75 Å². The largest absolute Gasteiger partial charge is 0.506 e. The molecule has 0 bridgehead atoms. The molecule has 0 aliphatic rings. The summed E-state index contributed by atoms with van der Waals surface area (Å²) in [5, 5.41) is 10.1. The van der Waals surface area contributed by atoms with Crippen LogP contribution in [-0.4, -0.2) is 11.7 Å². The molecule has 106 valence electrons. The normalized spacial score (nSPS) is 10.5. The van der Waals surface area contributed by atoms with E-state index in [9.17, 15) is 5.11 Å². The van der Waals surface area contributed by atoms with Crippen LogP contribution in [0.25, 0.3) is 0 Å². The van der Waals surface area contributed by atoms with Gasteiger partial charge in [0.25, 0.3) is 0 Å². The third-order valence-electron chi connectivity index (χ3n) is 3.33. The van der Waals surface area contributed by atoms with Gasteiger partial charge in [0.1, 0.15) is 5.75 Å². The molecular weight excluding hydrogens is 314 g/mol. The van der Waals surface area contributed by atoms with Crippen molar-refractivity contribution in [1.82, 2.24) is 0 Å². The second kappa shape index (κ2) is 7.34. The van der Waals surface area contributed by atoms with E-state index in [4.69, 9.17) is 0 Å². The third-order valence-corrected chi connectivity index (χ3v) is 3.97. The summed E-state index contributed by atoms with van der Waals surface area (Å²) >= 11 is 3.38. The molecule has 2 nitrogen and oxygen atoms in total. The first kappa shape index (κ1) is 14.9. The Kier molecular flexibility index (Phi) is 5.48. The topological polar surface area (TPSA) is 23.5 Å². The Bertz CT molecular complexity index is 542. The van der Waals surface area contributed by atoms with E-state index in [0.717, 1.165) is 36.0 Å². The van der Waals surface area contributed by atoms with Crippen LogP contribution in [0.1, 0.15) is 25.3 Å². The maximum atomic E-state index is 10.1. The van der Waals surface area contributed by atoms with Gasteiger partial charge in [-0.05, 0) is 40.5 Å². The molecule has 3 heteroatoms. The van der Waals surface area contributed by atoms with Gasteiger partial charge in [-0.1, -0.05) is 43.7 Å². The first-order valence-corrected chi connectivity index (χ1v) is 7.78. The lowest BCUT2D eigenvalue weighted by Gasteiger charge is -2.25. The molecule has 20 heavy (non-hydrogen) atoms. The summed E-state index contributed by atoms with van der Waals surface area (Å²) in [4.78, 5) is 2.31. The van der Waals surface area contributed by atoms with Gasteiger partial charge in [0.15, 0.2) is 0 Å². The Labute approximate surface area is 129 Å². The van der Waals surface area contributed by atoms with E-state index < -0.39 is 0 Å². The number of anilines is 1. The Morgan fingerprint density at radius 3 is 2.50 bits per heavy atom. The second-order valence-electron chi connectivity index (χ2n) is 4.86. The van der Waals surface area contributed by atoms with Gasteiger partial charge in [0.05, 0.1) is 4.47 Å². The Hall–Kier alpha value is -1.48. The predicted molar refractivity (Wildman–Crippen MR) is 88.2 cm³/mol. The highest BCUT2D eigenvalue weighted by molar-refractivity contribution is 9.10. The molecule has 0 saturated carbocycles. The van der Waals surface area contributed by atoms with Crippen LogP contribution < -0.4 is 4.90 Å². The minimum absolute atomic E-state index is 0.338. The summed E-state index contributed by atoms with van der Waals surface area (Å²) in [7, 11) is 0. The third kappa shape index (κ3) is 3.76. The molecule has 0 aliphatic carbocycles. The number of unbranched alkanes of at least 4 members (excludes halogenated alkanes) is 1. The Balaban J connectivity index is 2.21. The van der Waals surface area contributed by atoms with Crippen molar-refractivity contribution < 1.29 is 5.11 Å². The van der Waals surface area contributed by atoms with Crippen molar-refractivity contribution in [3.8, 4) is 5.75 Å². The van der Waals surface area contributed by atoms with E-state index in [1.54, 1.807) is 0 Å². The number of hydrogen-bond acceptors (Lipinski definition) is 2. The number of nitrogens with zero attached hydrogens (tertiary/aromatic N) is 1. The fraction of sp³-hybridized carbons (Fsp3) is 0.294. The fourth-order valence-corrected chi connectivity index (χ4v) is 2.59. The lowest BCUT2D eigenvalue weighted by Crippen LogP contribution is -2.23. The molecule has 0 fully saturated rings. The van der Waals surface area contributed by atoms with Crippen LogP contribution in [0.2, 0.25) is 0 Å². The molecule has 0 amide bonds. The molecule has 0 radical (unpaired) electrons. The van der Waals surface area contributed by atoms with Crippen LogP contribution in [0.4, 0.5) is 5.69 Å². The first-order valence-electron chi connectivity index (χ1n) is 6.98. The molecule has 0 spiro atoms. The van der Waals surface area contributed by atoms with Gasteiger partial charge in [0.2, 0.25) is 0 Å². The minimum Gasteiger partial charge on any atom is -0.506 e. The maximum absolute atomic E-state index is 10.1. The van der Waals surface area contributed by atoms with Crippen LogP contribution in [-0.2, 0) is 6.54 Å². The van der Waals surface area contributed by atoms with Gasteiger partial charge in [-0.25, -0.2) is 0 Å². The SMILES string of the molecule is CCCCN(Cc1cccc(Br)c1O)c1ccccc1. The highest BCUT2D eigenvalue weighted by Gasteiger charge is 2.11. The van der Waals surface area contributed by atoms with Gasteiger partial charge in [0, 0.05) is 24.3 Å². The van der Waals surface area contributed by atoms with Crippen molar-refractivity contribution in [2.45, 2.75) is 26.3 Å². The van der Waals surface area contributed by atoms with Crippen LogP contribution in [0.15, 0.2) is 53.0 Å². The van der Waals surface area contributed by atoms with E-state index in [-0.39, 0.29) is 0 Å². The molecule has 0 aromatic heterocycles. The highest BCUT2D eigenvalue weighted by Crippen LogP contribution is 2.29. The van der Waals surface area contributed by atoms with E-state index in [1.165, 1.54) is 5.69 Å². The van der Waals surface area contributed by atoms with Crippen LogP contribution in [0.3, 0.4) is 0 Å². The number of benzene rings is 2. The number of para-hydroxylation sites is 2. The van der Waals surface area contributed by atoms with Crippen molar-refractivity contribution >= 4 is 21.6 Å². The zero-order chi connectivity index (χ0) is 14.4. The maximum Gasteiger partial charge on any atom is 0.134 e. The molecule has 0 heterocycles. The quantitative estimate of drug-likeness (QED) is 0.807. The smallest absolute Gasteiger partial charge is 0.134 e. The minimum atomic E-state index is 0.338. The summed E-state index contributed by atoms with van der Waals surface area (Å²) < 4.78 is 0.749. The van der Waals surface area contributed by atoms with E-state index in [2.05, 4.69) is 52.0 Å². The number of rotatable bonds is 6. The number of aromatic hydroxyl groups is 1. The van der Waals surface area contributed by atoms with Crippen LogP contribution >= 0.6 is 15.9 Å². The summed E-state index contributed by atoms with van der Waals surface area (Å²) in [6.45, 7) is 3.90. The first-order chi connectivity index (χ1) is 9.72. The van der Waals surface area contributed by atoms with Gasteiger partial charge in [-0.3, -0.25) is 0 Å². The van der Waals surface area contributed by atoms with Crippen molar-refractivity contribution in [1.29, 1.82) is 0 Å². The molecule has 0 atom stereocenters. The molecule has 1 N–H and O–H groups in total. The zero-order valence-corrected chi connectivity index (χ0v) is 13.3. The summed E-state index contributed by atoms with van der Waals surface area (Å²) in [5.74, 6) is 0.338. The van der Waals surface area contributed by atoms with Gasteiger partial charge in [-0.15, -0.1) is 0 Å². The van der Waals surface area contributed by atoms with Crippen molar-refractivity contribution in [2.75, 3.05) is 11.4 Å². The fourth-order valence-electron chi connectivity index (χ4n) is 2.18. The zero-order valence-electron chi connectivity index (χ0n) is 11.7. The second-order valence-corrected chi connectivity index (χ2v) is 5.71. The van der Waals surface area contributed by atoms with Crippen molar-refractivity contribution in [3.05, 3.63) is 58.6 Å². The van der Waals surface area contributed by atoms with Crippen molar-refractivity contribution in [2.24, 2.45) is 0 Å². The van der Waals surface area contributed by atoms with Crippen molar-refractivity contribution in [3.63, 3.8) is 0 Å². The van der Waals surface area contributed by atoms with E-state index >= 15 is 0 Å². The molecular formula is C17H20BrNO. The lowest BCUT2D eigenvalue weighted by molar-refractivity contribution is 0.463. The lowest BCUT2D eigenvalue weighted by atomic mass is 10.1. The number of hydrogen-bond donors (Lipinski definition) is 1. The standard InChI is InChI=1S/C17H20BrNO/c1-2-3-12-19(15-9-5-4-6-10-15)13-14-8-7-11-16(18)17(14)20/h4-11,20H,2-3,12-13H2,1H3. The summed E-state index contributed by atoms with van der Waals surface area (Å²) in [6.07, 6.45) is 2.30. The van der Waals surface area contributed by atoms with Crippen LogP contribution in [0, 0.1) is 0 Å².